The van der Waals surface area contributed by atoms with E-state index in [0.717, 1.165) is 36.3 Å². The van der Waals surface area contributed by atoms with Crippen LogP contribution >= 0.6 is 0 Å². The number of rotatable bonds is 6. The van der Waals surface area contributed by atoms with Gasteiger partial charge in [0.05, 0.1) is 24.9 Å². The van der Waals surface area contributed by atoms with Crippen LogP contribution in [0.4, 0.5) is 0 Å². The molecule has 2 aromatic heterocycles. The van der Waals surface area contributed by atoms with Crippen molar-refractivity contribution in [1.82, 2.24) is 19.0 Å². The molecule has 8 heteroatoms. The molecule has 1 saturated heterocycles. The third-order valence-electron chi connectivity index (χ3n) is 8.77. The summed E-state index contributed by atoms with van der Waals surface area (Å²) in [7, 11) is 1.63. The summed E-state index contributed by atoms with van der Waals surface area (Å²) in [4.78, 5) is 33.6. The Balaban J connectivity index is 1.11. The molecule has 2 aliphatic rings. The lowest BCUT2D eigenvalue weighted by molar-refractivity contribution is -0.139. The molecule has 208 valence electrons. The van der Waals surface area contributed by atoms with Crippen LogP contribution in [0.1, 0.15) is 43.6 Å². The van der Waals surface area contributed by atoms with Crippen LogP contribution in [0.25, 0.3) is 16.7 Å². The molecular formula is C32H36N4O4. The molecule has 3 atom stereocenters. The van der Waals surface area contributed by atoms with E-state index in [1.807, 2.05) is 64.2 Å². The number of aromatic nitrogens is 3. The number of piperidine rings is 1. The third-order valence-corrected chi connectivity index (χ3v) is 8.77. The molecule has 4 aromatic rings. The number of hydrogen-bond donors (Lipinski definition) is 1. The molecule has 1 aliphatic carbocycles. The van der Waals surface area contributed by atoms with E-state index in [2.05, 4.69) is 17.1 Å². The van der Waals surface area contributed by atoms with Crippen molar-refractivity contribution in [1.29, 1.82) is 0 Å². The van der Waals surface area contributed by atoms with Crippen molar-refractivity contribution in [2.75, 3.05) is 20.2 Å². The number of ether oxygens (including phenoxy) is 1. The molecule has 1 saturated carbocycles. The highest BCUT2D eigenvalue weighted by Gasteiger charge is 2.38. The van der Waals surface area contributed by atoms with Gasteiger partial charge in [-0.25, -0.2) is 4.98 Å². The van der Waals surface area contributed by atoms with E-state index in [9.17, 15) is 14.7 Å². The Kier molecular flexibility index (Phi) is 7.43. The minimum Gasteiger partial charge on any atom is -0.497 e. The fourth-order valence-electron chi connectivity index (χ4n) is 6.50. The van der Waals surface area contributed by atoms with E-state index in [-0.39, 0.29) is 29.4 Å². The van der Waals surface area contributed by atoms with Crippen LogP contribution in [0.3, 0.4) is 0 Å². The fraction of sp³-hybridized carbons (Fsp3) is 0.406. The first-order valence-corrected chi connectivity index (χ1v) is 14.2. The first-order valence-electron chi connectivity index (χ1n) is 14.2. The van der Waals surface area contributed by atoms with Gasteiger partial charge in [-0.1, -0.05) is 30.3 Å². The number of fused-ring (bicyclic) bond motifs is 1. The summed E-state index contributed by atoms with van der Waals surface area (Å²) in [5.41, 5.74) is 2.65. The second kappa shape index (κ2) is 11.3. The van der Waals surface area contributed by atoms with Gasteiger partial charge in [0.15, 0.2) is 5.65 Å². The lowest BCUT2D eigenvalue weighted by atomic mass is 9.73. The Bertz CT molecular complexity index is 1520. The van der Waals surface area contributed by atoms with Crippen molar-refractivity contribution < 1.29 is 14.6 Å². The average molecular weight is 541 g/mol. The van der Waals surface area contributed by atoms with Gasteiger partial charge in [0.2, 0.25) is 5.91 Å². The Morgan fingerprint density at radius 3 is 2.48 bits per heavy atom. The number of amides is 1. The second-order valence-corrected chi connectivity index (χ2v) is 11.2. The maximum Gasteiger partial charge on any atom is 0.262 e. The SMILES string of the molecule is COc1ccc(-n2ccc3c(=O)n(CC4CCN(C(=O)C5CCC(O)CC5c5ccccc5)CC4)cnc32)cc1. The van der Waals surface area contributed by atoms with Crippen molar-refractivity contribution in [3.05, 3.63) is 89.1 Å². The quantitative estimate of drug-likeness (QED) is 0.392. The van der Waals surface area contributed by atoms with Gasteiger partial charge in [0.25, 0.3) is 5.56 Å². The van der Waals surface area contributed by atoms with Crippen LogP contribution in [-0.2, 0) is 11.3 Å². The van der Waals surface area contributed by atoms with E-state index in [4.69, 9.17) is 4.74 Å². The number of benzene rings is 2. The van der Waals surface area contributed by atoms with Crippen LogP contribution in [0.2, 0.25) is 0 Å². The van der Waals surface area contributed by atoms with Crippen LogP contribution in [0, 0.1) is 11.8 Å². The topological polar surface area (TPSA) is 89.6 Å². The van der Waals surface area contributed by atoms with Crippen molar-refractivity contribution in [3.63, 3.8) is 0 Å². The molecule has 1 aliphatic heterocycles. The number of likely N-dealkylation sites (tertiary alicyclic amines) is 1. The zero-order chi connectivity index (χ0) is 27.6. The van der Waals surface area contributed by atoms with Gasteiger partial charge < -0.3 is 19.3 Å². The third kappa shape index (κ3) is 5.16. The molecular weight excluding hydrogens is 504 g/mol. The Hall–Kier alpha value is -3.91. The molecule has 8 nitrogen and oxygen atoms in total. The van der Waals surface area contributed by atoms with Gasteiger partial charge in [-0.3, -0.25) is 14.2 Å². The largest absolute Gasteiger partial charge is 0.497 e. The van der Waals surface area contributed by atoms with Crippen LogP contribution in [0.5, 0.6) is 5.75 Å². The van der Waals surface area contributed by atoms with E-state index >= 15 is 0 Å². The van der Waals surface area contributed by atoms with E-state index in [0.29, 0.717) is 49.4 Å². The van der Waals surface area contributed by atoms with Gasteiger partial charge in [0.1, 0.15) is 5.75 Å². The van der Waals surface area contributed by atoms with Crippen LogP contribution < -0.4 is 10.3 Å². The molecule has 2 aromatic carbocycles. The number of aliphatic hydroxyl groups is 1. The number of nitrogens with zero attached hydrogens (tertiary/aromatic N) is 4. The van der Waals surface area contributed by atoms with Crippen molar-refractivity contribution in [2.45, 2.75) is 50.7 Å². The Morgan fingerprint density at radius 1 is 1.00 bits per heavy atom. The van der Waals surface area contributed by atoms with E-state index in [1.165, 1.54) is 0 Å². The standard InChI is InChI=1S/C32H36N4O4/c1-40-26-10-7-24(8-11-26)36-18-15-28-30(36)33-21-35(32(28)39)20-22-13-16-34(17-14-22)31(38)27-12-9-25(37)19-29(27)23-5-3-2-4-6-23/h2-8,10-11,15,18,21-22,25,27,29,37H,9,12-14,16-17,19-20H2,1H3. The van der Waals surface area contributed by atoms with Gasteiger partial charge >= 0.3 is 0 Å². The van der Waals surface area contributed by atoms with Crippen molar-refractivity contribution in [3.8, 4) is 11.4 Å². The minimum atomic E-state index is -0.350. The highest BCUT2D eigenvalue weighted by atomic mass is 16.5. The Labute approximate surface area is 233 Å². The summed E-state index contributed by atoms with van der Waals surface area (Å²) in [6.07, 6.45) is 6.92. The summed E-state index contributed by atoms with van der Waals surface area (Å²) in [5.74, 6) is 1.25. The Morgan fingerprint density at radius 2 is 1.75 bits per heavy atom. The lowest BCUT2D eigenvalue weighted by Crippen LogP contribution is -2.45. The normalized spacial score (nSPS) is 21.9. The minimum absolute atomic E-state index is 0.0396. The molecule has 6 rings (SSSR count). The van der Waals surface area contributed by atoms with Gasteiger partial charge in [-0.2, -0.15) is 0 Å². The molecule has 0 radical (unpaired) electrons. The molecule has 2 fully saturated rings. The molecule has 3 heterocycles. The molecule has 1 N–H and O–H groups in total. The van der Waals surface area contributed by atoms with Gasteiger partial charge in [-0.15, -0.1) is 0 Å². The zero-order valence-corrected chi connectivity index (χ0v) is 22.9. The number of carbonyl (C=O) groups excluding carboxylic acids is 1. The summed E-state index contributed by atoms with van der Waals surface area (Å²) < 4.78 is 8.88. The summed E-state index contributed by atoms with van der Waals surface area (Å²) in [6, 6.07) is 19.6. The van der Waals surface area contributed by atoms with Gasteiger partial charge in [0, 0.05) is 37.4 Å². The maximum absolute atomic E-state index is 13.6. The highest BCUT2D eigenvalue weighted by molar-refractivity contribution is 5.80. The average Bonchev–Trinajstić information content (AvgIpc) is 3.44. The fourth-order valence-corrected chi connectivity index (χ4v) is 6.50. The predicted octanol–water partition coefficient (Wildman–Crippen LogP) is 4.38. The lowest BCUT2D eigenvalue weighted by Gasteiger charge is -2.39. The van der Waals surface area contributed by atoms with E-state index < -0.39 is 0 Å². The molecule has 40 heavy (non-hydrogen) atoms. The first kappa shape index (κ1) is 26.3. The monoisotopic (exact) mass is 540 g/mol. The summed E-state index contributed by atoms with van der Waals surface area (Å²) >= 11 is 0. The summed E-state index contributed by atoms with van der Waals surface area (Å²) in [5, 5.41) is 10.9. The molecule has 0 spiro atoms. The van der Waals surface area contributed by atoms with Gasteiger partial charge in [-0.05, 0) is 79.8 Å². The van der Waals surface area contributed by atoms with Crippen LogP contribution in [0.15, 0.2) is 78.0 Å². The number of hydrogen-bond acceptors (Lipinski definition) is 5. The molecule has 1 amide bonds. The first-order chi connectivity index (χ1) is 19.5. The molecule has 3 unspecified atom stereocenters. The summed E-state index contributed by atoms with van der Waals surface area (Å²) in [6.45, 7) is 1.99. The smallest absolute Gasteiger partial charge is 0.262 e. The number of methoxy groups -OCH3 is 1. The van der Waals surface area contributed by atoms with Crippen LogP contribution in [-0.4, -0.2) is 56.3 Å². The van der Waals surface area contributed by atoms with Crippen molar-refractivity contribution >= 4 is 16.9 Å². The second-order valence-electron chi connectivity index (χ2n) is 11.2. The predicted molar refractivity (Wildman–Crippen MR) is 154 cm³/mol. The maximum atomic E-state index is 13.6. The zero-order valence-electron chi connectivity index (χ0n) is 22.9. The van der Waals surface area contributed by atoms with E-state index in [1.54, 1.807) is 18.0 Å². The van der Waals surface area contributed by atoms with Crippen molar-refractivity contribution in [2.24, 2.45) is 11.8 Å². The number of carbonyl (C=O) groups is 1. The number of aliphatic hydroxyl groups excluding tert-OH is 1. The highest BCUT2D eigenvalue weighted by Crippen LogP contribution is 2.39. The molecule has 0 bridgehead atoms.